The van der Waals surface area contributed by atoms with Gasteiger partial charge in [0.1, 0.15) is 30.7 Å². The van der Waals surface area contributed by atoms with Crippen LogP contribution in [0.25, 0.3) is 0 Å². The fourth-order valence-electron chi connectivity index (χ4n) is 3.34. The van der Waals surface area contributed by atoms with Crippen LogP contribution in [0.5, 0.6) is 5.75 Å². The third-order valence-electron chi connectivity index (χ3n) is 4.97. The van der Waals surface area contributed by atoms with E-state index in [4.69, 9.17) is 18.6 Å². The minimum atomic E-state index is -0.388. The molecule has 1 aliphatic heterocycles. The number of hydrazone groups is 1. The number of nitrogens with zero attached hydrogens (tertiary/aromatic N) is 3. The van der Waals surface area contributed by atoms with E-state index in [1.54, 1.807) is 26.5 Å². The lowest BCUT2D eigenvalue weighted by Crippen LogP contribution is -2.44. The second kappa shape index (κ2) is 10.7. The molecule has 1 aromatic heterocycles. The lowest BCUT2D eigenvalue weighted by atomic mass is 10.0. The molecule has 1 aromatic carbocycles. The number of furan rings is 1. The summed E-state index contributed by atoms with van der Waals surface area (Å²) < 4.78 is 20.8. The van der Waals surface area contributed by atoms with Crippen molar-refractivity contribution in [2.45, 2.75) is 12.5 Å². The first kappa shape index (κ1) is 22.5. The normalized spacial score (nSPS) is 15.6. The summed E-state index contributed by atoms with van der Waals surface area (Å²) in [5.74, 6) is 0.766. The molecule has 0 saturated heterocycles. The summed E-state index contributed by atoms with van der Waals surface area (Å²) in [7, 11) is 4.59. The van der Waals surface area contributed by atoms with Gasteiger partial charge in [-0.15, -0.1) is 0 Å². The summed E-state index contributed by atoms with van der Waals surface area (Å²) in [6.07, 6.45) is 2.06. The molecule has 0 unspecified atom stereocenters. The van der Waals surface area contributed by atoms with Crippen molar-refractivity contribution in [2.75, 3.05) is 47.6 Å². The van der Waals surface area contributed by atoms with Gasteiger partial charge in [-0.1, -0.05) is 0 Å². The van der Waals surface area contributed by atoms with Crippen LogP contribution in [0.2, 0.25) is 0 Å². The molecule has 1 atom stereocenters. The Hall–Kier alpha value is -3.17. The van der Waals surface area contributed by atoms with Crippen molar-refractivity contribution in [2.24, 2.45) is 5.10 Å². The molecule has 9 nitrogen and oxygen atoms in total. The molecule has 2 aromatic rings. The van der Waals surface area contributed by atoms with Crippen LogP contribution in [0.3, 0.4) is 0 Å². The standard InChI is InChI=1S/C22H27N3O6/c1-28-12-10-24(22(27)15-29-2)14-21(26)25-19(20-5-4-11-31-20)13-18(23-25)16-6-8-17(30-3)9-7-16/h4-9,11,19H,10,12-15H2,1-3H3/t19-/m1/s1. The first-order valence-electron chi connectivity index (χ1n) is 9.90. The Morgan fingerprint density at radius 2 is 1.94 bits per heavy atom. The summed E-state index contributed by atoms with van der Waals surface area (Å²) >= 11 is 0. The van der Waals surface area contributed by atoms with Crippen LogP contribution < -0.4 is 4.74 Å². The number of rotatable bonds is 10. The van der Waals surface area contributed by atoms with Gasteiger partial charge in [0.2, 0.25) is 5.91 Å². The van der Waals surface area contributed by atoms with Gasteiger partial charge in [-0.2, -0.15) is 5.10 Å². The molecule has 0 bridgehead atoms. The minimum absolute atomic E-state index is 0.112. The lowest BCUT2D eigenvalue weighted by Gasteiger charge is -2.25. The number of carbonyl (C=O) groups excluding carboxylic acids is 2. The molecule has 0 fully saturated rings. The Morgan fingerprint density at radius 3 is 2.55 bits per heavy atom. The van der Waals surface area contributed by atoms with Crippen molar-refractivity contribution in [1.29, 1.82) is 0 Å². The first-order valence-corrected chi connectivity index (χ1v) is 9.90. The fourth-order valence-corrected chi connectivity index (χ4v) is 3.34. The number of methoxy groups -OCH3 is 3. The predicted octanol–water partition coefficient (Wildman–Crippen LogP) is 2.09. The number of hydrogen-bond donors (Lipinski definition) is 0. The van der Waals surface area contributed by atoms with Crippen molar-refractivity contribution in [3.05, 3.63) is 54.0 Å². The smallest absolute Gasteiger partial charge is 0.262 e. The average Bonchev–Trinajstić information content (AvgIpc) is 3.46. The van der Waals surface area contributed by atoms with Gasteiger partial charge in [-0.05, 0) is 42.0 Å². The van der Waals surface area contributed by atoms with E-state index < -0.39 is 0 Å². The van der Waals surface area contributed by atoms with E-state index in [1.807, 2.05) is 30.3 Å². The van der Waals surface area contributed by atoms with Crippen LogP contribution in [0, 0.1) is 0 Å². The maximum atomic E-state index is 13.2. The van der Waals surface area contributed by atoms with E-state index in [0.29, 0.717) is 18.8 Å². The largest absolute Gasteiger partial charge is 0.497 e. The van der Waals surface area contributed by atoms with Crippen molar-refractivity contribution in [3.63, 3.8) is 0 Å². The Kier molecular flexibility index (Phi) is 7.80. The third-order valence-corrected chi connectivity index (χ3v) is 4.97. The zero-order valence-corrected chi connectivity index (χ0v) is 17.9. The lowest BCUT2D eigenvalue weighted by molar-refractivity contribution is -0.144. The summed E-state index contributed by atoms with van der Waals surface area (Å²) in [6.45, 7) is 0.338. The summed E-state index contributed by atoms with van der Waals surface area (Å²) in [4.78, 5) is 27.0. The highest BCUT2D eigenvalue weighted by molar-refractivity contribution is 6.03. The number of carbonyl (C=O) groups is 2. The van der Waals surface area contributed by atoms with Crippen molar-refractivity contribution in [1.82, 2.24) is 9.91 Å². The van der Waals surface area contributed by atoms with Gasteiger partial charge in [0.05, 0.1) is 25.7 Å². The van der Waals surface area contributed by atoms with Gasteiger partial charge in [0.25, 0.3) is 5.91 Å². The Balaban J connectivity index is 1.83. The summed E-state index contributed by atoms with van der Waals surface area (Å²) in [5.41, 5.74) is 1.64. The van der Waals surface area contributed by atoms with E-state index in [1.165, 1.54) is 17.0 Å². The highest BCUT2D eigenvalue weighted by atomic mass is 16.5. The molecule has 2 amide bonds. The Bertz CT molecular complexity index is 894. The molecule has 9 heteroatoms. The van der Waals surface area contributed by atoms with Gasteiger partial charge < -0.3 is 23.5 Å². The third kappa shape index (κ3) is 5.50. The number of ether oxygens (including phenoxy) is 3. The van der Waals surface area contributed by atoms with Gasteiger partial charge in [0.15, 0.2) is 0 Å². The fraction of sp³-hybridized carbons (Fsp3) is 0.409. The highest BCUT2D eigenvalue weighted by Gasteiger charge is 2.35. The molecule has 0 spiro atoms. The maximum Gasteiger partial charge on any atom is 0.262 e. The molecule has 0 saturated carbocycles. The molecule has 0 radical (unpaired) electrons. The van der Waals surface area contributed by atoms with Crippen LogP contribution >= 0.6 is 0 Å². The number of benzene rings is 1. The highest BCUT2D eigenvalue weighted by Crippen LogP contribution is 2.33. The van der Waals surface area contributed by atoms with Gasteiger partial charge in [-0.25, -0.2) is 5.01 Å². The van der Waals surface area contributed by atoms with E-state index in [2.05, 4.69) is 5.10 Å². The predicted molar refractivity (Wildman–Crippen MR) is 113 cm³/mol. The topological polar surface area (TPSA) is 93.8 Å². The van der Waals surface area contributed by atoms with Gasteiger partial charge >= 0.3 is 0 Å². The van der Waals surface area contributed by atoms with Crippen LogP contribution in [0.15, 0.2) is 52.2 Å². The van der Waals surface area contributed by atoms with E-state index in [0.717, 1.165) is 17.0 Å². The monoisotopic (exact) mass is 429 g/mol. The van der Waals surface area contributed by atoms with Crippen LogP contribution in [0.1, 0.15) is 23.8 Å². The molecule has 0 aliphatic carbocycles. The van der Waals surface area contributed by atoms with Crippen LogP contribution in [0.4, 0.5) is 0 Å². The first-order chi connectivity index (χ1) is 15.1. The molecular formula is C22H27N3O6. The van der Waals surface area contributed by atoms with E-state index in [-0.39, 0.29) is 37.6 Å². The number of amides is 2. The molecule has 1 aliphatic rings. The van der Waals surface area contributed by atoms with Gasteiger partial charge in [-0.3, -0.25) is 9.59 Å². The average molecular weight is 429 g/mol. The van der Waals surface area contributed by atoms with Crippen LogP contribution in [-0.2, 0) is 19.1 Å². The molecule has 2 heterocycles. The van der Waals surface area contributed by atoms with E-state index >= 15 is 0 Å². The van der Waals surface area contributed by atoms with E-state index in [9.17, 15) is 9.59 Å². The zero-order chi connectivity index (χ0) is 22.2. The summed E-state index contributed by atoms with van der Waals surface area (Å²) in [5, 5.41) is 5.99. The zero-order valence-electron chi connectivity index (χ0n) is 17.9. The molecular weight excluding hydrogens is 402 g/mol. The van der Waals surface area contributed by atoms with Crippen molar-refractivity contribution >= 4 is 17.5 Å². The Labute approximate surface area is 181 Å². The molecule has 31 heavy (non-hydrogen) atoms. The Morgan fingerprint density at radius 1 is 1.16 bits per heavy atom. The maximum absolute atomic E-state index is 13.2. The quantitative estimate of drug-likeness (QED) is 0.574. The van der Waals surface area contributed by atoms with Crippen molar-refractivity contribution in [3.8, 4) is 5.75 Å². The molecule has 3 rings (SSSR count). The van der Waals surface area contributed by atoms with Crippen molar-refractivity contribution < 1.29 is 28.2 Å². The van der Waals surface area contributed by atoms with Crippen LogP contribution in [-0.4, -0.2) is 75.1 Å². The second-order valence-electron chi connectivity index (χ2n) is 6.99. The molecule has 0 N–H and O–H groups in total. The minimum Gasteiger partial charge on any atom is -0.497 e. The second-order valence-corrected chi connectivity index (χ2v) is 6.99. The summed E-state index contributed by atoms with van der Waals surface area (Å²) in [6, 6.07) is 10.7. The molecule has 166 valence electrons. The SMILES string of the molecule is COCCN(CC(=O)N1N=C(c2ccc(OC)cc2)C[C@@H]1c1ccco1)C(=O)COC. The number of hydrogen-bond acceptors (Lipinski definition) is 7. The van der Waals surface area contributed by atoms with Gasteiger partial charge in [0, 0.05) is 27.2 Å².